The van der Waals surface area contributed by atoms with E-state index in [9.17, 15) is 4.79 Å². The van der Waals surface area contributed by atoms with Crippen LogP contribution in [0.4, 0.5) is 0 Å². The van der Waals surface area contributed by atoms with Gasteiger partial charge < -0.3 is 14.8 Å². The fourth-order valence-electron chi connectivity index (χ4n) is 3.05. The Hall–Kier alpha value is -2.34. The number of nitrogens with zero attached hydrogens (tertiary/aromatic N) is 2. The van der Waals surface area contributed by atoms with Crippen LogP contribution >= 0.6 is 0 Å². The molecule has 0 aliphatic rings. The van der Waals surface area contributed by atoms with Crippen molar-refractivity contribution >= 4 is 5.97 Å². The lowest BCUT2D eigenvalue weighted by molar-refractivity contribution is -0.142. The number of nitrogens with one attached hydrogen (secondary N) is 1. The number of esters is 1. The number of ether oxygens (including phenoxy) is 2. The van der Waals surface area contributed by atoms with Crippen LogP contribution in [0, 0.1) is 27.7 Å². The number of hydrogen-bond acceptors (Lipinski definition) is 5. The third-order valence-corrected chi connectivity index (χ3v) is 4.24. The lowest BCUT2D eigenvalue weighted by Crippen LogP contribution is -2.18. The van der Waals surface area contributed by atoms with Crippen molar-refractivity contribution in [2.45, 2.75) is 47.2 Å². The van der Waals surface area contributed by atoms with E-state index >= 15 is 0 Å². The Morgan fingerprint density at radius 2 is 1.85 bits per heavy atom. The second-order valence-electron chi connectivity index (χ2n) is 6.60. The standard InChI is InChI=1S/C20H29N3O3/c1-14-9-18(10-15(2)20(14)26-13-19(24)25-5)12-21-7-6-8-23-17(4)11-16(3)22-23/h9-11,21H,6-8,12-13H2,1-5H3. The number of rotatable bonds is 9. The number of carbonyl (C=O) groups excluding carboxylic acids is 1. The van der Waals surface area contributed by atoms with E-state index < -0.39 is 0 Å². The van der Waals surface area contributed by atoms with Gasteiger partial charge in [-0.25, -0.2) is 4.79 Å². The molecular weight excluding hydrogens is 330 g/mol. The third kappa shape index (κ3) is 5.59. The van der Waals surface area contributed by atoms with Crippen molar-refractivity contribution in [3.8, 4) is 5.75 Å². The molecule has 142 valence electrons. The monoisotopic (exact) mass is 359 g/mol. The highest BCUT2D eigenvalue weighted by Crippen LogP contribution is 2.24. The first-order valence-corrected chi connectivity index (χ1v) is 8.92. The Morgan fingerprint density at radius 3 is 2.42 bits per heavy atom. The minimum absolute atomic E-state index is 0.0674. The molecule has 0 aliphatic heterocycles. The van der Waals surface area contributed by atoms with E-state index in [-0.39, 0.29) is 12.6 Å². The summed E-state index contributed by atoms with van der Waals surface area (Å²) >= 11 is 0. The first kappa shape index (κ1) is 20.0. The number of carbonyl (C=O) groups is 1. The normalized spacial score (nSPS) is 10.8. The first-order valence-electron chi connectivity index (χ1n) is 8.92. The quantitative estimate of drug-likeness (QED) is 0.551. The Balaban J connectivity index is 1.80. The zero-order chi connectivity index (χ0) is 19.1. The fourth-order valence-corrected chi connectivity index (χ4v) is 3.05. The maximum Gasteiger partial charge on any atom is 0.343 e. The second kappa shape index (κ2) is 9.38. The maximum absolute atomic E-state index is 11.2. The van der Waals surface area contributed by atoms with Crippen molar-refractivity contribution in [3.63, 3.8) is 0 Å². The van der Waals surface area contributed by atoms with Crippen LogP contribution < -0.4 is 10.1 Å². The molecule has 0 bridgehead atoms. The average molecular weight is 359 g/mol. The summed E-state index contributed by atoms with van der Waals surface area (Å²) in [4.78, 5) is 11.2. The van der Waals surface area contributed by atoms with Gasteiger partial charge >= 0.3 is 5.97 Å². The van der Waals surface area contributed by atoms with Gasteiger partial charge in [0.15, 0.2) is 6.61 Å². The topological polar surface area (TPSA) is 65.4 Å². The van der Waals surface area contributed by atoms with Gasteiger partial charge in [0.25, 0.3) is 0 Å². The largest absolute Gasteiger partial charge is 0.481 e. The summed E-state index contributed by atoms with van der Waals surface area (Å²) in [6.45, 7) is 10.7. The summed E-state index contributed by atoms with van der Waals surface area (Å²) in [5, 5.41) is 7.95. The molecular formula is C20H29N3O3. The molecule has 1 heterocycles. The molecule has 0 spiro atoms. The van der Waals surface area contributed by atoms with Crippen LogP contribution in [0.25, 0.3) is 0 Å². The van der Waals surface area contributed by atoms with Crippen molar-refractivity contribution in [1.82, 2.24) is 15.1 Å². The van der Waals surface area contributed by atoms with Gasteiger partial charge in [0, 0.05) is 18.8 Å². The van der Waals surface area contributed by atoms with E-state index in [1.807, 2.05) is 20.8 Å². The van der Waals surface area contributed by atoms with Gasteiger partial charge in [0.2, 0.25) is 0 Å². The summed E-state index contributed by atoms with van der Waals surface area (Å²) in [6.07, 6.45) is 1.03. The first-order chi connectivity index (χ1) is 12.4. The average Bonchev–Trinajstić information content (AvgIpc) is 2.91. The molecule has 0 saturated carbocycles. The molecule has 1 N–H and O–H groups in total. The van der Waals surface area contributed by atoms with Crippen molar-refractivity contribution in [1.29, 1.82) is 0 Å². The van der Waals surface area contributed by atoms with Gasteiger partial charge in [-0.1, -0.05) is 12.1 Å². The molecule has 6 nitrogen and oxygen atoms in total. The number of benzene rings is 1. The van der Waals surface area contributed by atoms with Crippen molar-refractivity contribution in [2.75, 3.05) is 20.3 Å². The highest BCUT2D eigenvalue weighted by Gasteiger charge is 2.09. The Bertz CT molecular complexity index is 730. The predicted molar refractivity (Wildman–Crippen MR) is 101 cm³/mol. The minimum Gasteiger partial charge on any atom is -0.481 e. The SMILES string of the molecule is COC(=O)COc1c(C)cc(CNCCCn2nc(C)cc2C)cc1C. The molecule has 0 amide bonds. The molecule has 0 radical (unpaired) electrons. The van der Waals surface area contributed by atoms with Gasteiger partial charge in [-0.05, 0) is 63.4 Å². The van der Waals surface area contributed by atoms with Crippen LogP contribution in [0.1, 0.15) is 34.5 Å². The summed E-state index contributed by atoms with van der Waals surface area (Å²) in [6, 6.07) is 6.28. The molecule has 26 heavy (non-hydrogen) atoms. The number of methoxy groups -OCH3 is 1. The second-order valence-corrected chi connectivity index (χ2v) is 6.60. The molecule has 0 fully saturated rings. The lowest BCUT2D eigenvalue weighted by Gasteiger charge is -2.14. The van der Waals surface area contributed by atoms with Crippen molar-refractivity contribution in [3.05, 3.63) is 46.3 Å². The molecule has 0 saturated heterocycles. The molecule has 2 aromatic rings. The number of hydrogen-bond donors (Lipinski definition) is 1. The van der Waals surface area contributed by atoms with Gasteiger partial charge in [0.05, 0.1) is 12.8 Å². The zero-order valence-corrected chi connectivity index (χ0v) is 16.4. The van der Waals surface area contributed by atoms with Crippen LogP contribution in [0.3, 0.4) is 0 Å². The molecule has 0 atom stereocenters. The molecule has 2 rings (SSSR count). The van der Waals surface area contributed by atoms with E-state index in [1.165, 1.54) is 18.4 Å². The maximum atomic E-state index is 11.2. The van der Waals surface area contributed by atoms with Crippen molar-refractivity contribution < 1.29 is 14.3 Å². The molecule has 0 unspecified atom stereocenters. The van der Waals surface area contributed by atoms with Crippen molar-refractivity contribution in [2.24, 2.45) is 0 Å². The van der Waals surface area contributed by atoms with E-state index in [1.54, 1.807) is 0 Å². The minimum atomic E-state index is -0.378. The van der Waals surface area contributed by atoms with Crippen LogP contribution in [0.5, 0.6) is 5.75 Å². The van der Waals surface area contributed by atoms with E-state index in [2.05, 4.69) is 45.0 Å². The lowest BCUT2D eigenvalue weighted by atomic mass is 10.1. The summed E-state index contributed by atoms with van der Waals surface area (Å²) in [5.74, 6) is 0.376. The molecule has 1 aromatic carbocycles. The van der Waals surface area contributed by atoms with Gasteiger partial charge in [-0.2, -0.15) is 5.10 Å². The van der Waals surface area contributed by atoms with Crippen LogP contribution in [0.2, 0.25) is 0 Å². The molecule has 6 heteroatoms. The Kier molecular flexibility index (Phi) is 7.21. The van der Waals surface area contributed by atoms with Gasteiger partial charge in [-0.3, -0.25) is 4.68 Å². The molecule has 0 aliphatic carbocycles. The summed E-state index contributed by atoms with van der Waals surface area (Å²) < 4.78 is 12.2. The summed E-state index contributed by atoms with van der Waals surface area (Å²) in [7, 11) is 1.36. The fraction of sp³-hybridized carbons (Fsp3) is 0.500. The van der Waals surface area contributed by atoms with E-state index in [0.29, 0.717) is 0 Å². The highest BCUT2D eigenvalue weighted by atomic mass is 16.6. The third-order valence-electron chi connectivity index (χ3n) is 4.24. The van der Waals surface area contributed by atoms with Crippen LogP contribution in [-0.2, 0) is 22.6 Å². The van der Waals surface area contributed by atoms with Crippen LogP contribution in [-0.4, -0.2) is 36.0 Å². The van der Waals surface area contributed by atoms with Gasteiger partial charge in [-0.15, -0.1) is 0 Å². The van der Waals surface area contributed by atoms with Crippen LogP contribution in [0.15, 0.2) is 18.2 Å². The number of aryl methyl sites for hydroxylation is 5. The Morgan fingerprint density at radius 1 is 1.15 bits per heavy atom. The molecule has 1 aromatic heterocycles. The summed E-state index contributed by atoms with van der Waals surface area (Å²) in [5.41, 5.74) is 5.52. The Labute approximate surface area is 155 Å². The number of aromatic nitrogens is 2. The zero-order valence-electron chi connectivity index (χ0n) is 16.4. The highest BCUT2D eigenvalue weighted by molar-refractivity contribution is 5.71. The smallest absolute Gasteiger partial charge is 0.343 e. The predicted octanol–water partition coefficient (Wildman–Crippen LogP) is 2.85. The van der Waals surface area contributed by atoms with E-state index in [0.717, 1.165) is 48.6 Å². The van der Waals surface area contributed by atoms with Gasteiger partial charge in [0.1, 0.15) is 5.75 Å². The van der Waals surface area contributed by atoms with E-state index in [4.69, 9.17) is 4.74 Å².